The average Bonchev–Trinajstić information content (AvgIpc) is 2.47. The zero-order valence-corrected chi connectivity index (χ0v) is 12.5. The minimum absolute atomic E-state index is 0. The molecule has 2 heterocycles. The predicted octanol–water partition coefficient (Wildman–Crippen LogP) is -0.575. The van der Waals surface area contributed by atoms with Crippen molar-refractivity contribution in [3.05, 3.63) is 0 Å². The van der Waals surface area contributed by atoms with Crippen LogP contribution in [-0.2, 0) is 0 Å². The summed E-state index contributed by atoms with van der Waals surface area (Å²) >= 11 is 0. The van der Waals surface area contributed by atoms with Crippen molar-refractivity contribution in [1.29, 1.82) is 0 Å². The zero-order valence-electron chi connectivity index (χ0n) is 11.7. The number of anilines is 1. The summed E-state index contributed by atoms with van der Waals surface area (Å²) in [5, 5.41) is 8.92. The fourth-order valence-electron chi connectivity index (χ4n) is 1.96. The van der Waals surface area contributed by atoms with E-state index >= 15 is 0 Å². The van der Waals surface area contributed by atoms with Crippen LogP contribution in [0.3, 0.4) is 0 Å². The third-order valence-electron chi connectivity index (χ3n) is 3.02. The molecular weight excluding hydrogens is 286 g/mol. The molecule has 114 valence electrons. The Morgan fingerprint density at radius 3 is 2.00 bits per heavy atom. The molecule has 1 fully saturated rings. The second-order valence-corrected chi connectivity index (χ2v) is 4.16. The minimum Gasteiger partial charge on any atom is -0.467 e. The van der Waals surface area contributed by atoms with E-state index < -0.39 is 0 Å². The number of halogens is 1. The molecule has 1 N–H and O–H groups in total. The van der Waals surface area contributed by atoms with Gasteiger partial charge < -0.3 is 19.5 Å². The first kappa shape index (κ1) is 16.7. The summed E-state index contributed by atoms with van der Waals surface area (Å²) in [6.07, 6.45) is 0. The van der Waals surface area contributed by atoms with Gasteiger partial charge in [0, 0.05) is 32.7 Å². The van der Waals surface area contributed by atoms with Crippen molar-refractivity contribution in [2.75, 3.05) is 58.5 Å². The van der Waals surface area contributed by atoms with Gasteiger partial charge in [-0.25, -0.2) is 0 Å². The fraction of sp³-hybridized carbons (Fsp3) is 0.727. The Kier molecular flexibility index (Phi) is 6.69. The number of aliphatic hydroxyl groups is 1. The van der Waals surface area contributed by atoms with Crippen molar-refractivity contribution in [2.45, 2.75) is 0 Å². The number of hydrogen-bond donors (Lipinski definition) is 1. The van der Waals surface area contributed by atoms with Gasteiger partial charge in [-0.15, -0.1) is 17.4 Å². The smallest absolute Gasteiger partial charge is 0.324 e. The molecule has 0 bridgehead atoms. The molecule has 0 atom stereocenters. The van der Waals surface area contributed by atoms with Crippen LogP contribution < -0.4 is 14.4 Å². The molecule has 1 aromatic heterocycles. The van der Waals surface area contributed by atoms with Crippen LogP contribution in [0.15, 0.2) is 0 Å². The first-order valence-electron chi connectivity index (χ1n) is 6.19. The molecule has 1 aliphatic rings. The topological polar surface area (TPSA) is 83.8 Å². The number of β-amino-alcohol motifs (C(OH)–C–C–N with tert-alkyl or cyclic N) is 1. The van der Waals surface area contributed by atoms with Crippen LogP contribution in [0.4, 0.5) is 5.95 Å². The Balaban J connectivity index is 0.00000200. The van der Waals surface area contributed by atoms with Crippen molar-refractivity contribution < 1.29 is 14.6 Å². The maximum absolute atomic E-state index is 8.92. The molecule has 2 rings (SSSR count). The summed E-state index contributed by atoms with van der Waals surface area (Å²) in [5.41, 5.74) is 0. The van der Waals surface area contributed by atoms with Crippen LogP contribution in [0.5, 0.6) is 12.0 Å². The van der Waals surface area contributed by atoms with Crippen molar-refractivity contribution >= 4 is 18.4 Å². The van der Waals surface area contributed by atoms with Crippen LogP contribution >= 0.6 is 12.4 Å². The van der Waals surface area contributed by atoms with Gasteiger partial charge in [0.05, 0.1) is 20.8 Å². The summed E-state index contributed by atoms with van der Waals surface area (Å²) < 4.78 is 10.1. The lowest BCUT2D eigenvalue weighted by atomic mass is 10.3. The quantitative estimate of drug-likeness (QED) is 0.774. The summed E-state index contributed by atoms with van der Waals surface area (Å²) in [4.78, 5) is 16.7. The number of nitrogens with zero attached hydrogens (tertiary/aromatic N) is 5. The van der Waals surface area contributed by atoms with E-state index in [0.717, 1.165) is 26.2 Å². The van der Waals surface area contributed by atoms with Gasteiger partial charge in [-0.1, -0.05) is 0 Å². The van der Waals surface area contributed by atoms with E-state index in [9.17, 15) is 0 Å². The molecule has 0 amide bonds. The largest absolute Gasteiger partial charge is 0.467 e. The Hall–Kier alpha value is -1.38. The monoisotopic (exact) mass is 305 g/mol. The van der Waals surface area contributed by atoms with Gasteiger partial charge in [0.25, 0.3) is 0 Å². The van der Waals surface area contributed by atoms with E-state index in [1.807, 2.05) is 0 Å². The first-order valence-corrected chi connectivity index (χ1v) is 6.19. The Bertz CT molecular complexity index is 393. The third kappa shape index (κ3) is 4.06. The predicted molar refractivity (Wildman–Crippen MR) is 75.9 cm³/mol. The van der Waals surface area contributed by atoms with Gasteiger partial charge in [0.15, 0.2) is 0 Å². The standard InChI is InChI=1S/C11H19N5O3.ClH/c1-18-10-12-9(13-11(14-10)19-2)16-5-3-15(4-6-16)7-8-17;/h17H,3-8H2,1-2H3;1H. The van der Waals surface area contributed by atoms with Gasteiger partial charge in [-0.05, 0) is 0 Å². The maximum Gasteiger partial charge on any atom is 0.324 e. The highest BCUT2D eigenvalue weighted by Gasteiger charge is 2.20. The van der Waals surface area contributed by atoms with Crippen LogP contribution in [0.2, 0.25) is 0 Å². The number of methoxy groups -OCH3 is 2. The summed E-state index contributed by atoms with van der Waals surface area (Å²) in [7, 11) is 3.02. The maximum atomic E-state index is 8.92. The van der Waals surface area contributed by atoms with E-state index in [0.29, 0.717) is 12.5 Å². The lowest BCUT2D eigenvalue weighted by Crippen LogP contribution is -2.47. The van der Waals surface area contributed by atoms with Crippen LogP contribution in [0, 0.1) is 0 Å². The number of ether oxygens (including phenoxy) is 2. The fourth-order valence-corrected chi connectivity index (χ4v) is 1.96. The zero-order chi connectivity index (χ0) is 13.7. The highest BCUT2D eigenvalue weighted by molar-refractivity contribution is 5.85. The van der Waals surface area contributed by atoms with Crippen molar-refractivity contribution in [3.8, 4) is 12.0 Å². The van der Waals surface area contributed by atoms with E-state index in [-0.39, 0.29) is 31.0 Å². The molecule has 1 aromatic rings. The van der Waals surface area contributed by atoms with Crippen molar-refractivity contribution in [3.63, 3.8) is 0 Å². The molecule has 1 aliphatic heterocycles. The van der Waals surface area contributed by atoms with E-state index in [4.69, 9.17) is 14.6 Å². The molecule has 0 radical (unpaired) electrons. The molecule has 0 spiro atoms. The number of aromatic nitrogens is 3. The molecule has 20 heavy (non-hydrogen) atoms. The SMILES string of the molecule is COc1nc(OC)nc(N2CCN(CCO)CC2)n1.Cl. The average molecular weight is 306 g/mol. The molecule has 8 nitrogen and oxygen atoms in total. The van der Waals surface area contributed by atoms with Crippen molar-refractivity contribution in [1.82, 2.24) is 19.9 Å². The molecule has 1 saturated heterocycles. The number of piperazine rings is 1. The lowest BCUT2D eigenvalue weighted by molar-refractivity contribution is 0.188. The number of rotatable bonds is 5. The van der Waals surface area contributed by atoms with Crippen LogP contribution in [-0.4, -0.2) is 78.5 Å². The van der Waals surface area contributed by atoms with Gasteiger partial charge in [-0.2, -0.15) is 9.97 Å². The Morgan fingerprint density at radius 1 is 1.00 bits per heavy atom. The molecule has 9 heteroatoms. The highest BCUT2D eigenvalue weighted by Crippen LogP contribution is 2.17. The number of aliphatic hydroxyl groups excluding tert-OH is 1. The molecule has 0 aromatic carbocycles. The Morgan fingerprint density at radius 2 is 1.55 bits per heavy atom. The highest BCUT2D eigenvalue weighted by atomic mass is 35.5. The van der Waals surface area contributed by atoms with E-state index in [1.54, 1.807) is 0 Å². The van der Waals surface area contributed by atoms with Gasteiger partial charge in [0.1, 0.15) is 0 Å². The first-order chi connectivity index (χ1) is 9.26. The number of hydrogen-bond acceptors (Lipinski definition) is 8. The normalized spacial score (nSPS) is 15.7. The summed E-state index contributed by atoms with van der Waals surface area (Å²) in [5.74, 6) is 0.562. The van der Waals surface area contributed by atoms with Gasteiger partial charge >= 0.3 is 12.0 Å². The van der Waals surface area contributed by atoms with Crippen molar-refractivity contribution in [2.24, 2.45) is 0 Å². The molecule has 0 aliphatic carbocycles. The minimum atomic E-state index is 0. The summed E-state index contributed by atoms with van der Waals surface area (Å²) in [6.45, 7) is 4.24. The van der Waals surface area contributed by atoms with Gasteiger partial charge in [-0.3, -0.25) is 4.90 Å². The van der Waals surface area contributed by atoms with Gasteiger partial charge in [0.2, 0.25) is 5.95 Å². The lowest BCUT2D eigenvalue weighted by Gasteiger charge is -2.34. The molecule has 0 unspecified atom stereocenters. The van der Waals surface area contributed by atoms with E-state index in [2.05, 4.69) is 24.8 Å². The second-order valence-electron chi connectivity index (χ2n) is 4.16. The van der Waals surface area contributed by atoms with E-state index in [1.165, 1.54) is 14.2 Å². The third-order valence-corrected chi connectivity index (χ3v) is 3.02. The van der Waals surface area contributed by atoms with Crippen LogP contribution in [0.1, 0.15) is 0 Å². The molecule has 0 saturated carbocycles. The van der Waals surface area contributed by atoms with Crippen LogP contribution in [0.25, 0.3) is 0 Å². The summed E-state index contributed by atoms with van der Waals surface area (Å²) in [6, 6.07) is 0.499. The second kappa shape index (κ2) is 8.03. The Labute approximate surface area is 124 Å². The molecular formula is C11H20ClN5O3.